The van der Waals surface area contributed by atoms with Crippen LogP contribution in [0.1, 0.15) is 30.9 Å². The number of benzene rings is 2. The van der Waals surface area contributed by atoms with Crippen LogP contribution in [-0.4, -0.2) is 16.1 Å². The Hall–Kier alpha value is -2.66. The van der Waals surface area contributed by atoms with Gasteiger partial charge >= 0.3 is 0 Å². The zero-order valence-corrected chi connectivity index (χ0v) is 14.3. The second-order valence-corrected chi connectivity index (χ2v) is 6.36. The van der Waals surface area contributed by atoms with Gasteiger partial charge in [0.25, 0.3) is 5.91 Å². The van der Waals surface area contributed by atoms with Gasteiger partial charge in [-0.3, -0.25) is 9.69 Å². The number of nitrogens with zero attached hydrogens (tertiary/aromatic N) is 1. The Morgan fingerprint density at radius 2 is 1.88 bits per heavy atom. The Morgan fingerprint density at radius 3 is 2.50 bits per heavy atom. The van der Waals surface area contributed by atoms with Gasteiger partial charge in [-0.1, -0.05) is 38.1 Å². The van der Waals surface area contributed by atoms with Crippen molar-refractivity contribution in [1.29, 1.82) is 0 Å². The molecule has 24 heavy (non-hydrogen) atoms. The number of phenols is 1. The van der Waals surface area contributed by atoms with Crippen LogP contribution >= 0.6 is 12.2 Å². The molecule has 2 aromatic rings. The predicted octanol–water partition coefficient (Wildman–Crippen LogP) is 3.78. The van der Waals surface area contributed by atoms with Crippen LogP contribution in [0.5, 0.6) is 5.75 Å². The van der Waals surface area contributed by atoms with Gasteiger partial charge in [-0.15, -0.1) is 0 Å². The van der Waals surface area contributed by atoms with E-state index in [2.05, 4.69) is 19.2 Å². The largest absolute Gasteiger partial charge is 0.508 e. The number of nitrogens with one attached hydrogen (secondary N) is 1. The Balaban J connectivity index is 1.89. The maximum Gasteiger partial charge on any atom is 0.281 e. The van der Waals surface area contributed by atoms with Gasteiger partial charge in [-0.25, -0.2) is 0 Å². The van der Waals surface area contributed by atoms with Crippen molar-refractivity contribution in [2.45, 2.75) is 19.8 Å². The summed E-state index contributed by atoms with van der Waals surface area (Å²) >= 11 is 5.31. The Labute approximate surface area is 146 Å². The number of carbonyl (C=O) groups is 1. The van der Waals surface area contributed by atoms with Gasteiger partial charge in [0.2, 0.25) is 0 Å². The molecule has 1 aliphatic heterocycles. The SMILES string of the molecule is CC(C)c1ccc(N2C(=O)/C(=C\c3cccc(O)c3)NC2=S)cc1. The van der Waals surface area contributed by atoms with Gasteiger partial charge < -0.3 is 10.4 Å². The minimum absolute atomic E-state index is 0.151. The number of phenolic OH excluding ortho intramolecular Hbond substituents is 1. The first-order valence-electron chi connectivity index (χ1n) is 7.72. The van der Waals surface area contributed by atoms with Crippen LogP contribution in [-0.2, 0) is 4.79 Å². The molecule has 1 fully saturated rings. The second-order valence-electron chi connectivity index (χ2n) is 5.97. The molecular formula is C19H18N2O2S. The molecule has 0 unspecified atom stereocenters. The van der Waals surface area contributed by atoms with Gasteiger partial charge in [0.1, 0.15) is 11.4 Å². The molecule has 1 heterocycles. The summed E-state index contributed by atoms with van der Waals surface area (Å²) in [6.45, 7) is 4.25. The summed E-state index contributed by atoms with van der Waals surface area (Å²) in [6, 6.07) is 14.5. The monoisotopic (exact) mass is 338 g/mol. The maximum absolute atomic E-state index is 12.7. The average molecular weight is 338 g/mol. The first-order valence-corrected chi connectivity index (χ1v) is 8.12. The van der Waals surface area contributed by atoms with E-state index in [1.165, 1.54) is 10.5 Å². The molecule has 0 bridgehead atoms. The summed E-state index contributed by atoms with van der Waals surface area (Å²) in [4.78, 5) is 14.1. The third-order valence-corrected chi connectivity index (χ3v) is 4.16. The molecule has 3 rings (SSSR count). The smallest absolute Gasteiger partial charge is 0.281 e. The molecular weight excluding hydrogens is 320 g/mol. The van der Waals surface area contributed by atoms with Crippen LogP contribution < -0.4 is 10.2 Å². The first-order chi connectivity index (χ1) is 11.5. The lowest BCUT2D eigenvalue weighted by Crippen LogP contribution is -2.30. The summed E-state index contributed by atoms with van der Waals surface area (Å²) in [5.74, 6) is 0.374. The maximum atomic E-state index is 12.7. The fraction of sp³-hybridized carbons (Fsp3) is 0.158. The Bertz CT molecular complexity index is 826. The minimum atomic E-state index is -0.208. The number of carbonyl (C=O) groups excluding carboxylic acids is 1. The van der Waals surface area contributed by atoms with E-state index in [0.717, 1.165) is 11.3 Å². The lowest BCUT2D eigenvalue weighted by molar-refractivity contribution is -0.113. The molecule has 0 atom stereocenters. The van der Waals surface area contributed by atoms with Crippen molar-refractivity contribution in [2.24, 2.45) is 0 Å². The van der Waals surface area contributed by atoms with Crippen molar-refractivity contribution in [3.8, 4) is 5.75 Å². The molecule has 0 radical (unpaired) electrons. The second kappa shape index (κ2) is 6.45. The quantitative estimate of drug-likeness (QED) is 0.661. The summed E-state index contributed by atoms with van der Waals surface area (Å²) in [5.41, 5.74) is 3.06. The van der Waals surface area contributed by atoms with Gasteiger partial charge in [-0.2, -0.15) is 0 Å². The van der Waals surface area contributed by atoms with E-state index >= 15 is 0 Å². The summed E-state index contributed by atoms with van der Waals surface area (Å²) < 4.78 is 0. The zero-order valence-electron chi connectivity index (χ0n) is 13.5. The fourth-order valence-corrected chi connectivity index (χ4v) is 2.86. The van der Waals surface area contributed by atoms with Gasteiger partial charge in [0.05, 0.1) is 5.69 Å². The van der Waals surface area contributed by atoms with E-state index in [9.17, 15) is 9.90 Å². The third kappa shape index (κ3) is 3.16. The molecule has 2 N–H and O–H groups in total. The molecule has 0 aliphatic carbocycles. The van der Waals surface area contributed by atoms with Crippen molar-refractivity contribution < 1.29 is 9.90 Å². The van der Waals surface area contributed by atoms with Gasteiger partial charge in [-0.05, 0) is 59.6 Å². The predicted molar refractivity (Wildman–Crippen MR) is 99.8 cm³/mol. The lowest BCUT2D eigenvalue weighted by atomic mass is 10.0. The Morgan fingerprint density at radius 1 is 1.17 bits per heavy atom. The topological polar surface area (TPSA) is 52.6 Å². The highest BCUT2D eigenvalue weighted by atomic mass is 32.1. The first kappa shape index (κ1) is 16.2. The minimum Gasteiger partial charge on any atom is -0.508 e. The van der Waals surface area contributed by atoms with Crippen molar-refractivity contribution >= 4 is 35.0 Å². The van der Waals surface area contributed by atoms with Gasteiger partial charge in [0.15, 0.2) is 5.11 Å². The number of thiocarbonyl (C=S) groups is 1. The van der Waals surface area contributed by atoms with Crippen molar-refractivity contribution in [1.82, 2.24) is 5.32 Å². The number of hydrogen-bond acceptors (Lipinski definition) is 3. The highest BCUT2D eigenvalue weighted by Gasteiger charge is 2.31. The van der Waals surface area contributed by atoms with E-state index in [-0.39, 0.29) is 11.7 Å². The number of hydrogen-bond donors (Lipinski definition) is 2. The molecule has 0 saturated carbocycles. The number of rotatable bonds is 3. The summed E-state index contributed by atoms with van der Waals surface area (Å²) in [5, 5.41) is 12.8. The van der Waals surface area contributed by atoms with Crippen LogP contribution in [0.2, 0.25) is 0 Å². The van der Waals surface area contributed by atoms with Crippen LogP contribution in [0.3, 0.4) is 0 Å². The van der Waals surface area contributed by atoms with E-state index in [0.29, 0.717) is 16.7 Å². The summed E-state index contributed by atoms with van der Waals surface area (Å²) in [6.07, 6.45) is 1.68. The van der Waals surface area contributed by atoms with E-state index < -0.39 is 0 Å². The zero-order chi connectivity index (χ0) is 17.3. The lowest BCUT2D eigenvalue weighted by Gasteiger charge is -2.15. The average Bonchev–Trinajstić information content (AvgIpc) is 2.81. The molecule has 1 amide bonds. The van der Waals surface area contributed by atoms with Crippen LogP contribution in [0.15, 0.2) is 54.2 Å². The molecule has 1 saturated heterocycles. The molecule has 0 spiro atoms. The van der Waals surface area contributed by atoms with E-state index in [4.69, 9.17) is 12.2 Å². The van der Waals surface area contributed by atoms with Crippen molar-refractivity contribution in [3.63, 3.8) is 0 Å². The standard InChI is InChI=1S/C19H18N2O2S/c1-12(2)14-6-8-15(9-7-14)21-18(23)17(20-19(21)24)11-13-4-3-5-16(22)10-13/h3-12,22H,1-2H3,(H,20,24)/b17-11+. The highest BCUT2D eigenvalue weighted by molar-refractivity contribution is 7.80. The highest BCUT2D eigenvalue weighted by Crippen LogP contribution is 2.25. The number of amides is 1. The van der Waals surface area contributed by atoms with Crippen LogP contribution in [0.25, 0.3) is 6.08 Å². The molecule has 1 aliphatic rings. The van der Waals surface area contributed by atoms with E-state index in [1.807, 2.05) is 30.3 Å². The van der Waals surface area contributed by atoms with Crippen LogP contribution in [0, 0.1) is 0 Å². The third-order valence-electron chi connectivity index (χ3n) is 3.88. The molecule has 4 nitrogen and oxygen atoms in total. The van der Waals surface area contributed by atoms with E-state index in [1.54, 1.807) is 24.3 Å². The number of anilines is 1. The van der Waals surface area contributed by atoms with Crippen molar-refractivity contribution in [3.05, 3.63) is 65.4 Å². The Kier molecular flexibility index (Phi) is 4.36. The normalized spacial score (nSPS) is 16.1. The molecule has 122 valence electrons. The molecule has 0 aromatic heterocycles. The summed E-state index contributed by atoms with van der Waals surface area (Å²) in [7, 11) is 0. The molecule has 2 aromatic carbocycles. The van der Waals surface area contributed by atoms with Crippen molar-refractivity contribution in [2.75, 3.05) is 4.90 Å². The fourth-order valence-electron chi connectivity index (χ4n) is 2.56. The molecule has 5 heteroatoms. The number of aromatic hydroxyl groups is 1. The van der Waals surface area contributed by atoms with Crippen LogP contribution in [0.4, 0.5) is 5.69 Å². The van der Waals surface area contributed by atoms with Gasteiger partial charge in [0, 0.05) is 0 Å².